The predicted molar refractivity (Wildman–Crippen MR) is 140 cm³/mol. The zero-order valence-electron chi connectivity index (χ0n) is 21.2. The lowest BCUT2D eigenvalue weighted by atomic mass is 9.87. The molecule has 0 aromatic carbocycles. The van der Waals surface area contributed by atoms with E-state index in [9.17, 15) is 4.79 Å². The van der Waals surface area contributed by atoms with Crippen molar-refractivity contribution in [1.82, 2.24) is 19.9 Å². The Hall–Kier alpha value is -4.08. The summed E-state index contributed by atoms with van der Waals surface area (Å²) in [5.74, 6) is 2.89. The number of hydrazine groups is 1. The van der Waals surface area contributed by atoms with Gasteiger partial charge in [-0.1, -0.05) is 0 Å². The predicted octanol–water partition coefficient (Wildman–Crippen LogP) is 3.90. The molecular weight excluding hydrogens is 482 g/mol. The van der Waals surface area contributed by atoms with E-state index in [1.165, 1.54) is 11.3 Å². The van der Waals surface area contributed by atoms with Gasteiger partial charge in [0, 0.05) is 66.2 Å². The van der Waals surface area contributed by atoms with Crippen LogP contribution in [0.25, 0.3) is 0 Å². The number of rotatable bonds is 4. The zero-order chi connectivity index (χ0) is 25.4. The van der Waals surface area contributed by atoms with E-state index in [0.29, 0.717) is 6.61 Å². The minimum absolute atomic E-state index is 0.172. The van der Waals surface area contributed by atoms with Crippen molar-refractivity contribution in [1.29, 1.82) is 0 Å². The Kier molecular flexibility index (Phi) is 4.60. The maximum absolute atomic E-state index is 12.7. The molecule has 10 nitrogen and oxygen atoms in total. The van der Waals surface area contributed by atoms with E-state index in [0.717, 1.165) is 67.3 Å². The third kappa shape index (κ3) is 2.88. The number of epoxide rings is 1. The number of aliphatic imine (C=N–C) groups is 1. The number of hydrogen-bond acceptors (Lipinski definition) is 9. The number of nitrogens with one attached hydrogen (secondary N) is 1. The highest BCUT2D eigenvalue weighted by Crippen LogP contribution is 2.64. The van der Waals surface area contributed by atoms with Crippen LogP contribution in [0.15, 0.2) is 65.1 Å². The van der Waals surface area contributed by atoms with Gasteiger partial charge >= 0.3 is 6.09 Å². The molecule has 1 amide bonds. The molecule has 3 unspecified atom stereocenters. The van der Waals surface area contributed by atoms with E-state index < -0.39 is 5.72 Å². The lowest BCUT2D eigenvalue weighted by molar-refractivity contribution is 0.0602. The molecule has 2 bridgehead atoms. The monoisotopic (exact) mass is 511 g/mol. The topological polar surface area (TPSA) is 98.7 Å². The lowest BCUT2D eigenvalue weighted by Gasteiger charge is -2.45. The Balaban J connectivity index is 1.21. The molecule has 0 aliphatic carbocycles. The van der Waals surface area contributed by atoms with Gasteiger partial charge < -0.3 is 19.7 Å². The van der Waals surface area contributed by atoms with Crippen molar-refractivity contribution in [3.63, 3.8) is 0 Å². The molecule has 3 atom stereocenters. The molecule has 10 heteroatoms. The van der Waals surface area contributed by atoms with Gasteiger partial charge in [-0.25, -0.2) is 24.8 Å². The van der Waals surface area contributed by atoms with Gasteiger partial charge in [0.05, 0.1) is 12.3 Å². The second-order valence-electron chi connectivity index (χ2n) is 10.6. The second-order valence-corrected chi connectivity index (χ2v) is 10.6. The second kappa shape index (κ2) is 7.96. The molecule has 1 N–H and O–H groups in total. The molecule has 0 radical (unpaired) electrons. The van der Waals surface area contributed by atoms with Gasteiger partial charge in [-0.05, 0) is 63.3 Å². The van der Waals surface area contributed by atoms with Gasteiger partial charge in [-0.2, -0.15) is 0 Å². The smallest absolute Gasteiger partial charge is 0.410 e. The molecule has 6 aliphatic heterocycles. The van der Waals surface area contributed by atoms with E-state index in [2.05, 4.69) is 37.4 Å². The summed E-state index contributed by atoms with van der Waals surface area (Å²) < 4.78 is 11.9. The van der Waals surface area contributed by atoms with Crippen molar-refractivity contribution < 1.29 is 14.3 Å². The maximum atomic E-state index is 12.7. The Bertz CT molecular complexity index is 1410. The molecule has 0 spiro atoms. The summed E-state index contributed by atoms with van der Waals surface area (Å²) in [6.07, 6.45) is 14.1. The SMILES string of the molecule is CCOC(=O)N1C2CCC1CC(C1=CC=NC3=C4OC4(c4ccncc4)N(c4ccnc5c4CCN5)N13)C2. The molecule has 6 aliphatic rings. The Morgan fingerprint density at radius 1 is 1.18 bits per heavy atom. The Labute approximate surface area is 220 Å². The van der Waals surface area contributed by atoms with Crippen molar-refractivity contribution in [2.45, 2.75) is 56.8 Å². The first-order valence-electron chi connectivity index (χ1n) is 13.6. The van der Waals surface area contributed by atoms with Crippen LogP contribution < -0.4 is 10.3 Å². The van der Waals surface area contributed by atoms with Crippen LogP contribution in [0.1, 0.15) is 43.7 Å². The van der Waals surface area contributed by atoms with Crippen molar-refractivity contribution in [2.75, 3.05) is 23.5 Å². The summed E-state index contributed by atoms with van der Waals surface area (Å²) in [4.78, 5) is 28.4. The molecular formula is C28H29N7O3. The highest BCUT2D eigenvalue weighted by Gasteiger charge is 2.70. The molecule has 3 saturated heterocycles. The van der Waals surface area contributed by atoms with E-state index in [1.807, 2.05) is 48.8 Å². The van der Waals surface area contributed by atoms with Crippen LogP contribution in [0.2, 0.25) is 0 Å². The highest BCUT2D eigenvalue weighted by molar-refractivity contribution is 5.79. The number of amides is 1. The van der Waals surface area contributed by atoms with Crippen molar-refractivity contribution in [2.24, 2.45) is 10.9 Å². The van der Waals surface area contributed by atoms with Crippen LogP contribution in [0.4, 0.5) is 16.3 Å². The largest absolute Gasteiger partial charge is 0.450 e. The quantitative estimate of drug-likeness (QED) is 0.617. The molecule has 8 rings (SSSR count). The number of nitrogens with zero attached hydrogens (tertiary/aromatic N) is 6. The number of hydrogen-bond donors (Lipinski definition) is 1. The first kappa shape index (κ1) is 22.0. The summed E-state index contributed by atoms with van der Waals surface area (Å²) in [7, 11) is 0. The standard InChI is InChI=1S/C28H29N7O3/c1-2-37-27(36)33-19-3-4-20(33)16-17(15-19)22-8-14-32-26-24-28(38-24,18-5-10-29-11-6-18)35(34(22)26)23-9-13-31-25-21(23)7-12-30-25/h5-6,8-11,13-14,17,19-20H,2-4,7,12,15-16H2,1H3,(H,30,31). The number of piperidine rings is 1. The fourth-order valence-electron chi connectivity index (χ4n) is 7.17. The number of ether oxygens (including phenoxy) is 2. The lowest BCUT2D eigenvalue weighted by Crippen LogP contribution is -2.51. The molecule has 0 saturated carbocycles. The van der Waals surface area contributed by atoms with E-state index in [1.54, 1.807) is 0 Å². The van der Waals surface area contributed by atoms with Gasteiger partial charge in [-0.3, -0.25) is 4.98 Å². The summed E-state index contributed by atoms with van der Waals surface area (Å²) >= 11 is 0. The first-order valence-corrected chi connectivity index (χ1v) is 13.6. The average Bonchev–Trinajstić information content (AvgIpc) is 3.21. The van der Waals surface area contributed by atoms with Crippen molar-refractivity contribution >= 4 is 23.8 Å². The average molecular weight is 512 g/mol. The van der Waals surface area contributed by atoms with Gasteiger partial charge in [0.2, 0.25) is 5.76 Å². The Morgan fingerprint density at radius 2 is 2.00 bits per heavy atom. The number of carbonyl (C=O) groups excluding carboxylic acids is 1. The summed E-state index contributed by atoms with van der Waals surface area (Å²) in [6.45, 7) is 3.13. The van der Waals surface area contributed by atoms with Gasteiger partial charge in [-0.15, -0.1) is 0 Å². The fraction of sp³-hybridized carbons (Fsp3) is 0.429. The number of carbonyl (C=O) groups is 1. The van der Waals surface area contributed by atoms with E-state index >= 15 is 0 Å². The minimum atomic E-state index is -0.763. The summed E-state index contributed by atoms with van der Waals surface area (Å²) in [5, 5.41) is 7.98. The van der Waals surface area contributed by atoms with E-state index in [4.69, 9.17) is 14.5 Å². The molecule has 2 aromatic rings. The van der Waals surface area contributed by atoms with Gasteiger partial charge in [0.1, 0.15) is 5.82 Å². The number of anilines is 2. The van der Waals surface area contributed by atoms with Crippen LogP contribution in [0, 0.1) is 5.92 Å². The molecule has 194 valence electrons. The third-order valence-corrected chi connectivity index (χ3v) is 8.73. The number of pyridine rings is 2. The van der Waals surface area contributed by atoms with Crippen LogP contribution in [0.3, 0.4) is 0 Å². The van der Waals surface area contributed by atoms with Crippen molar-refractivity contribution in [3.8, 4) is 0 Å². The third-order valence-electron chi connectivity index (χ3n) is 8.73. The number of fused-ring (bicyclic) bond motifs is 5. The fourth-order valence-corrected chi connectivity index (χ4v) is 7.17. The zero-order valence-corrected chi connectivity index (χ0v) is 21.2. The summed E-state index contributed by atoms with van der Waals surface area (Å²) in [5.41, 5.74) is 3.71. The molecule has 8 heterocycles. The number of allylic oxidation sites excluding steroid dienone is 2. The normalized spacial score (nSPS) is 29.9. The van der Waals surface area contributed by atoms with Gasteiger partial charge in [0.25, 0.3) is 5.72 Å². The highest BCUT2D eigenvalue weighted by atomic mass is 16.6. The molecule has 38 heavy (non-hydrogen) atoms. The van der Waals surface area contributed by atoms with Crippen LogP contribution in [-0.2, 0) is 21.6 Å². The minimum Gasteiger partial charge on any atom is -0.450 e. The van der Waals surface area contributed by atoms with Crippen LogP contribution in [-0.4, -0.2) is 57.4 Å². The van der Waals surface area contributed by atoms with Crippen LogP contribution >= 0.6 is 0 Å². The van der Waals surface area contributed by atoms with Gasteiger partial charge in [0.15, 0.2) is 5.82 Å². The number of aromatic nitrogens is 2. The van der Waals surface area contributed by atoms with Crippen molar-refractivity contribution in [3.05, 3.63) is 71.3 Å². The summed E-state index contributed by atoms with van der Waals surface area (Å²) in [6, 6.07) is 6.51. The molecule has 3 fully saturated rings. The molecule has 2 aromatic heterocycles. The first-order chi connectivity index (χ1) is 18.7. The van der Waals surface area contributed by atoms with E-state index in [-0.39, 0.29) is 24.1 Å². The maximum Gasteiger partial charge on any atom is 0.410 e. The van der Waals surface area contributed by atoms with Crippen LogP contribution in [0.5, 0.6) is 0 Å². The Morgan fingerprint density at radius 3 is 2.79 bits per heavy atom.